The van der Waals surface area contributed by atoms with Crippen LogP contribution in [0, 0.1) is 0 Å². The van der Waals surface area contributed by atoms with Gasteiger partial charge in [0.05, 0.1) is 6.54 Å². The molecular formula is C19H24N4O4. The van der Waals surface area contributed by atoms with Crippen LogP contribution in [0.25, 0.3) is 0 Å². The van der Waals surface area contributed by atoms with Gasteiger partial charge in [-0.1, -0.05) is 18.2 Å². The van der Waals surface area contributed by atoms with Gasteiger partial charge in [-0.3, -0.25) is 19.2 Å². The number of amides is 4. The maximum absolute atomic E-state index is 12.7. The summed E-state index contributed by atoms with van der Waals surface area (Å²) in [6.07, 6.45) is 1.91. The third kappa shape index (κ3) is 3.79. The maximum atomic E-state index is 12.7. The Morgan fingerprint density at radius 3 is 2.44 bits per heavy atom. The summed E-state index contributed by atoms with van der Waals surface area (Å²) in [5.41, 5.74) is 1.39. The van der Waals surface area contributed by atoms with Gasteiger partial charge in [-0.05, 0) is 32.8 Å². The molecule has 144 valence electrons. The normalized spacial score (nSPS) is 18.6. The van der Waals surface area contributed by atoms with Gasteiger partial charge in [0.1, 0.15) is 6.04 Å². The summed E-state index contributed by atoms with van der Waals surface area (Å²) < 4.78 is 0. The van der Waals surface area contributed by atoms with Gasteiger partial charge in [-0.15, -0.1) is 0 Å². The van der Waals surface area contributed by atoms with Crippen LogP contribution in [0.1, 0.15) is 38.3 Å². The van der Waals surface area contributed by atoms with Gasteiger partial charge in [0.2, 0.25) is 5.91 Å². The van der Waals surface area contributed by atoms with Crippen molar-refractivity contribution in [2.45, 2.75) is 38.8 Å². The first-order valence-corrected chi connectivity index (χ1v) is 9.18. The van der Waals surface area contributed by atoms with Crippen molar-refractivity contribution in [3.05, 3.63) is 29.8 Å². The molecule has 0 aromatic heterocycles. The third-order valence-corrected chi connectivity index (χ3v) is 4.85. The zero-order valence-electron chi connectivity index (χ0n) is 15.5. The molecule has 27 heavy (non-hydrogen) atoms. The molecule has 2 N–H and O–H groups in total. The number of benzene rings is 1. The molecule has 1 unspecified atom stereocenters. The van der Waals surface area contributed by atoms with Gasteiger partial charge in [0.15, 0.2) is 0 Å². The monoisotopic (exact) mass is 372 g/mol. The minimum absolute atomic E-state index is 0.0764. The van der Waals surface area contributed by atoms with Crippen molar-refractivity contribution < 1.29 is 19.2 Å². The number of para-hydroxylation sites is 1. The molecule has 2 heterocycles. The van der Waals surface area contributed by atoms with Gasteiger partial charge in [-0.2, -0.15) is 0 Å². The number of carbonyl (C=O) groups is 4. The summed E-state index contributed by atoms with van der Waals surface area (Å²) >= 11 is 0. The molecule has 8 heteroatoms. The minimum atomic E-state index is -0.928. The van der Waals surface area contributed by atoms with E-state index in [1.807, 2.05) is 26.0 Å². The highest BCUT2D eigenvalue weighted by atomic mass is 16.2. The number of hydrogen-bond acceptors (Lipinski definition) is 4. The molecule has 1 aromatic carbocycles. The fourth-order valence-electron chi connectivity index (χ4n) is 3.53. The lowest BCUT2D eigenvalue weighted by atomic mass is 10.1. The fraction of sp³-hybridized carbons (Fsp3) is 0.474. The van der Waals surface area contributed by atoms with Crippen LogP contribution in [-0.4, -0.2) is 54.2 Å². The number of nitrogens with one attached hydrogen (secondary N) is 2. The van der Waals surface area contributed by atoms with Crippen LogP contribution in [0.15, 0.2) is 24.3 Å². The van der Waals surface area contributed by atoms with E-state index in [1.54, 1.807) is 21.9 Å². The molecule has 0 radical (unpaired) electrons. The molecule has 3 rings (SSSR count). The van der Waals surface area contributed by atoms with E-state index in [0.29, 0.717) is 18.7 Å². The molecule has 1 fully saturated rings. The van der Waals surface area contributed by atoms with E-state index >= 15 is 0 Å². The number of nitrogens with zero attached hydrogens (tertiary/aromatic N) is 2. The van der Waals surface area contributed by atoms with Gasteiger partial charge in [0.25, 0.3) is 5.91 Å². The molecular weight excluding hydrogens is 348 g/mol. The van der Waals surface area contributed by atoms with Crippen molar-refractivity contribution >= 4 is 29.3 Å². The predicted molar refractivity (Wildman–Crippen MR) is 98.8 cm³/mol. The van der Waals surface area contributed by atoms with E-state index < -0.39 is 17.9 Å². The quantitative estimate of drug-likeness (QED) is 0.745. The topological polar surface area (TPSA) is 98.8 Å². The first-order chi connectivity index (χ1) is 12.9. The Kier molecular flexibility index (Phi) is 5.43. The molecule has 0 spiro atoms. The van der Waals surface area contributed by atoms with Crippen molar-refractivity contribution in [2.24, 2.45) is 0 Å². The molecule has 1 atom stereocenters. The van der Waals surface area contributed by atoms with Crippen LogP contribution >= 0.6 is 0 Å². The van der Waals surface area contributed by atoms with Crippen LogP contribution in [0.3, 0.4) is 0 Å². The second kappa shape index (κ2) is 7.77. The number of hydrogen-bond donors (Lipinski definition) is 2. The highest BCUT2D eigenvalue weighted by Gasteiger charge is 2.40. The third-order valence-electron chi connectivity index (χ3n) is 4.85. The summed E-state index contributed by atoms with van der Waals surface area (Å²) in [7, 11) is 0. The summed E-state index contributed by atoms with van der Waals surface area (Å²) in [5, 5.41) is 4.83. The zero-order chi connectivity index (χ0) is 19.6. The van der Waals surface area contributed by atoms with E-state index in [1.165, 1.54) is 0 Å². The lowest BCUT2D eigenvalue weighted by Gasteiger charge is -2.22. The van der Waals surface area contributed by atoms with Gasteiger partial charge in [0, 0.05) is 30.4 Å². The zero-order valence-corrected chi connectivity index (χ0v) is 15.5. The Hall–Kier alpha value is -2.90. The second-order valence-electron chi connectivity index (χ2n) is 7.04. The SMILES string of the molecule is CC(C)N1C(=O)C(NC(=O)C(=O)NCC(=O)N2CCCC2)c2ccccc21. The van der Waals surface area contributed by atoms with E-state index in [0.717, 1.165) is 18.5 Å². The Bertz CT molecular complexity index is 771. The number of anilines is 1. The van der Waals surface area contributed by atoms with Gasteiger partial charge < -0.3 is 20.4 Å². The van der Waals surface area contributed by atoms with Crippen molar-refractivity contribution in [1.29, 1.82) is 0 Å². The highest BCUT2D eigenvalue weighted by molar-refractivity contribution is 6.36. The Morgan fingerprint density at radius 1 is 1.11 bits per heavy atom. The number of rotatable bonds is 4. The average molecular weight is 372 g/mol. The molecule has 8 nitrogen and oxygen atoms in total. The molecule has 4 amide bonds. The van der Waals surface area contributed by atoms with E-state index in [2.05, 4.69) is 10.6 Å². The van der Waals surface area contributed by atoms with Crippen LogP contribution < -0.4 is 15.5 Å². The largest absolute Gasteiger partial charge is 0.341 e. The van der Waals surface area contributed by atoms with Crippen LogP contribution in [0.4, 0.5) is 5.69 Å². The first-order valence-electron chi connectivity index (χ1n) is 9.18. The number of fused-ring (bicyclic) bond motifs is 1. The minimum Gasteiger partial charge on any atom is -0.341 e. The molecule has 0 bridgehead atoms. The summed E-state index contributed by atoms with van der Waals surface area (Å²) in [6, 6.07) is 6.19. The summed E-state index contributed by atoms with van der Waals surface area (Å²) in [6.45, 7) is 4.91. The van der Waals surface area contributed by atoms with Crippen LogP contribution in [0.2, 0.25) is 0 Å². The standard InChI is InChI=1S/C19H24N4O4/c1-12(2)23-14-8-4-3-7-13(14)16(19(23)27)21-18(26)17(25)20-11-15(24)22-9-5-6-10-22/h3-4,7-8,12,16H,5-6,9-11H2,1-2H3,(H,20,25)(H,21,26). The second-order valence-corrected chi connectivity index (χ2v) is 7.04. The lowest BCUT2D eigenvalue weighted by molar-refractivity contribution is -0.141. The fourth-order valence-corrected chi connectivity index (χ4v) is 3.53. The van der Waals surface area contributed by atoms with Crippen molar-refractivity contribution in [2.75, 3.05) is 24.5 Å². The molecule has 2 aliphatic heterocycles. The molecule has 1 aromatic rings. The van der Waals surface area contributed by atoms with E-state index in [4.69, 9.17) is 0 Å². The average Bonchev–Trinajstić information content (AvgIpc) is 3.26. The summed E-state index contributed by atoms with van der Waals surface area (Å²) in [5.74, 6) is -2.33. The van der Waals surface area contributed by atoms with Crippen LogP contribution in [0.5, 0.6) is 0 Å². The molecule has 0 aliphatic carbocycles. The van der Waals surface area contributed by atoms with E-state index in [9.17, 15) is 19.2 Å². The molecule has 2 aliphatic rings. The number of likely N-dealkylation sites (tertiary alicyclic amines) is 1. The van der Waals surface area contributed by atoms with E-state index in [-0.39, 0.29) is 24.4 Å². The maximum Gasteiger partial charge on any atom is 0.310 e. The highest BCUT2D eigenvalue weighted by Crippen LogP contribution is 2.36. The van der Waals surface area contributed by atoms with Crippen molar-refractivity contribution in [3.8, 4) is 0 Å². The molecule has 0 saturated carbocycles. The molecule has 1 saturated heterocycles. The van der Waals surface area contributed by atoms with Crippen molar-refractivity contribution in [1.82, 2.24) is 15.5 Å². The predicted octanol–water partition coefficient (Wildman–Crippen LogP) is 0.338. The Balaban J connectivity index is 1.62. The number of carbonyl (C=O) groups excluding carboxylic acids is 4. The van der Waals surface area contributed by atoms with Crippen LogP contribution in [-0.2, 0) is 19.2 Å². The Morgan fingerprint density at radius 2 is 1.78 bits per heavy atom. The summed E-state index contributed by atoms with van der Waals surface area (Å²) in [4.78, 5) is 52.3. The van der Waals surface area contributed by atoms with Crippen molar-refractivity contribution in [3.63, 3.8) is 0 Å². The Labute approximate surface area is 157 Å². The lowest BCUT2D eigenvalue weighted by Crippen LogP contribution is -2.47. The van der Waals surface area contributed by atoms with Gasteiger partial charge >= 0.3 is 11.8 Å². The smallest absolute Gasteiger partial charge is 0.310 e. The van der Waals surface area contributed by atoms with Gasteiger partial charge in [-0.25, -0.2) is 0 Å². The first kappa shape index (κ1) is 18.9.